The van der Waals surface area contributed by atoms with Crippen molar-refractivity contribution in [3.63, 3.8) is 0 Å². The zero-order chi connectivity index (χ0) is 17.5. The molecule has 0 saturated carbocycles. The van der Waals surface area contributed by atoms with Crippen LogP contribution in [0.2, 0.25) is 0 Å². The van der Waals surface area contributed by atoms with Crippen LogP contribution in [0.25, 0.3) is 0 Å². The van der Waals surface area contributed by atoms with Crippen LogP contribution in [0, 0.1) is 19.3 Å². The van der Waals surface area contributed by atoms with Crippen molar-refractivity contribution in [3.05, 3.63) is 17.0 Å². The summed E-state index contributed by atoms with van der Waals surface area (Å²) in [4.78, 5) is 4.34. The predicted octanol–water partition coefficient (Wildman–Crippen LogP) is 3.93. The summed E-state index contributed by atoms with van der Waals surface area (Å²) >= 11 is 0. The molecule has 24 heavy (non-hydrogen) atoms. The maximum Gasteiger partial charge on any atom is 0.191 e. The number of aliphatic imine (C=N–C) groups is 1. The summed E-state index contributed by atoms with van der Waals surface area (Å²) in [6, 6.07) is 0. The van der Waals surface area contributed by atoms with Crippen molar-refractivity contribution in [1.29, 1.82) is 0 Å². The SMILES string of the molecule is CCCCCC(C)(C)CNC(=NC)NCc1c(C)nn(C)c1C.I. The average molecular weight is 449 g/mol. The molecule has 140 valence electrons. The first-order chi connectivity index (χ1) is 10.8. The predicted molar refractivity (Wildman–Crippen MR) is 114 cm³/mol. The van der Waals surface area contributed by atoms with E-state index in [0.717, 1.165) is 24.7 Å². The summed E-state index contributed by atoms with van der Waals surface area (Å²) < 4.78 is 1.93. The maximum absolute atomic E-state index is 4.46. The third-order valence-corrected chi connectivity index (χ3v) is 4.51. The van der Waals surface area contributed by atoms with Crippen molar-refractivity contribution in [2.75, 3.05) is 13.6 Å². The fourth-order valence-electron chi connectivity index (χ4n) is 2.73. The monoisotopic (exact) mass is 449 g/mol. The summed E-state index contributed by atoms with van der Waals surface area (Å²) in [5, 5.41) is 11.3. The van der Waals surface area contributed by atoms with Gasteiger partial charge < -0.3 is 10.6 Å². The van der Waals surface area contributed by atoms with Crippen LogP contribution in [-0.2, 0) is 13.6 Å². The zero-order valence-corrected chi connectivity index (χ0v) is 18.8. The van der Waals surface area contributed by atoms with Gasteiger partial charge in [-0.1, -0.05) is 40.0 Å². The van der Waals surface area contributed by atoms with Crippen LogP contribution in [-0.4, -0.2) is 29.3 Å². The van der Waals surface area contributed by atoms with E-state index in [1.165, 1.54) is 36.9 Å². The molecule has 0 aliphatic rings. The van der Waals surface area contributed by atoms with E-state index in [4.69, 9.17) is 0 Å². The number of halogens is 1. The van der Waals surface area contributed by atoms with Gasteiger partial charge in [0.05, 0.1) is 5.69 Å². The smallest absolute Gasteiger partial charge is 0.191 e. The van der Waals surface area contributed by atoms with E-state index in [2.05, 4.69) is 55.3 Å². The molecule has 0 aliphatic carbocycles. The Hall–Kier alpha value is -0.790. The number of hydrogen-bond donors (Lipinski definition) is 2. The van der Waals surface area contributed by atoms with Crippen molar-refractivity contribution in [1.82, 2.24) is 20.4 Å². The third kappa shape index (κ3) is 7.40. The lowest BCUT2D eigenvalue weighted by Gasteiger charge is -2.26. The molecule has 0 saturated heterocycles. The highest BCUT2D eigenvalue weighted by atomic mass is 127. The van der Waals surface area contributed by atoms with Gasteiger partial charge >= 0.3 is 0 Å². The Morgan fingerprint density at radius 3 is 2.38 bits per heavy atom. The fraction of sp³-hybridized carbons (Fsp3) is 0.778. The van der Waals surface area contributed by atoms with Gasteiger partial charge in [0, 0.05) is 38.4 Å². The number of hydrogen-bond acceptors (Lipinski definition) is 2. The molecule has 0 atom stereocenters. The summed E-state index contributed by atoms with van der Waals surface area (Å²) in [6.07, 6.45) is 5.13. The lowest BCUT2D eigenvalue weighted by molar-refractivity contribution is 0.318. The summed E-state index contributed by atoms with van der Waals surface area (Å²) in [7, 11) is 3.81. The molecular weight excluding hydrogens is 413 g/mol. The second kappa shape index (κ2) is 10.9. The number of aromatic nitrogens is 2. The molecule has 0 fully saturated rings. The number of unbranched alkanes of at least 4 members (excludes halogenated alkanes) is 2. The fourth-order valence-corrected chi connectivity index (χ4v) is 2.73. The van der Waals surface area contributed by atoms with Crippen LogP contribution in [0.5, 0.6) is 0 Å². The molecule has 0 aliphatic heterocycles. The Kier molecular flexibility index (Phi) is 10.6. The third-order valence-electron chi connectivity index (χ3n) is 4.51. The Morgan fingerprint density at radius 2 is 1.88 bits per heavy atom. The molecule has 0 amide bonds. The molecule has 0 radical (unpaired) electrons. The summed E-state index contributed by atoms with van der Waals surface area (Å²) in [5.74, 6) is 0.858. The van der Waals surface area contributed by atoms with Crippen molar-refractivity contribution in [2.24, 2.45) is 17.5 Å². The number of guanidine groups is 1. The van der Waals surface area contributed by atoms with Crippen LogP contribution < -0.4 is 10.6 Å². The summed E-state index contributed by atoms with van der Waals surface area (Å²) in [5.41, 5.74) is 3.81. The molecule has 6 heteroatoms. The van der Waals surface area contributed by atoms with Crippen molar-refractivity contribution in [2.45, 2.75) is 66.8 Å². The molecule has 1 heterocycles. The van der Waals surface area contributed by atoms with Gasteiger partial charge in [0.25, 0.3) is 0 Å². The lowest BCUT2D eigenvalue weighted by Crippen LogP contribution is -2.41. The first kappa shape index (κ1) is 23.2. The normalized spacial score (nSPS) is 12.0. The van der Waals surface area contributed by atoms with E-state index < -0.39 is 0 Å². The molecule has 1 aromatic rings. The molecule has 0 unspecified atom stereocenters. The van der Waals surface area contributed by atoms with E-state index in [9.17, 15) is 0 Å². The summed E-state index contributed by atoms with van der Waals surface area (Å²) in [6.45, 7) is 12.7. The van der Waals surface area contributed by atoms with Gasteiger partial charge in [-0.15, -0.1) is 24.0 Å². The lowest BCUT2D eigenvalue weighted by atomic mass is 9.87. The molecule has 1 aromatic heterocycles. The van der Waals surface area contributed by atoms with Gasteiger partial charge in [-0.25, -0.2) is 0 Å². The molecule has 5 nitrogen and oxygen atoms in total. The van der Waals surface area contributed by atoms with Crippen LogP contribution >= 0.6 is 24.0 Å². The van der Waals surface area contributed by atoms with Gasteiger partial charge in [0.15, 0.2) is 5.96 Å². The van der Waals surface area contributed by atoms with Crippen molar-refractivity contribution >= 4 is 29.9 Å². The maximum atomic E-state index is 4.46. The molecule has 2 N–H and O–H groups in total. The van der Waals surface area contributed by atoms with E-state index in [1.807, 2.05) is 18.8 Å². The van der Waals surface area contributed by atoms with Gasteiger partial charge in [-0.2, -0.15) is 5.10 Å². The number of nitrogens with one attached hydrogen (secondary N) is 2. The first-order valence-corrected chi connectivity index (χ1v) is 8.74. The number of aryl methyl sites for hydroxylation is 2. The van der Waals surface area contributed by atoms with Crippen molar-refractivity contribution < 1.29 is 0 Å². The highest BCUT2D eigenvalue weighted by Crippen LogP contribution is 2.22. The first-order valence-electron chi connectivity index (χ1n) is 8.74. The van der Waals surface area contributed by atoms with Gasteiger partial charge in [0.2, 0.25) is 0 Å². The average Bonchev–Trinajstić information content (AvgIpc) is 2.73. The topological polar surface area (TPSA) is 54.2 Å². The minimum atomic E-state index is 0. The molecule has 0 spiro atoms. The van der Waals surface area contributed by atoms with E-state index in [0.29, 0.717) is 0 Å². The Bertz CT molecular complexity index is 520. The zero-order valence-electron chi connectivity index (χ0n) is 16.5. The number of rotatable bonds is 8. The van der Waals surface area contributed by atoms with E-state index in [1.54, 1.807) is 0 Å². The minimum Gasteiger partial charge on any atom is -0.356 e. The molecule has 1 rings (SSSR count). The second-order valence-electron chi connectivity index (χ2n) is 7.17. The highest BCUT2D eigenvalue weighted by Gasteiger charge is 2.18. The Labute approximate surface area is 165 Å². The molecular formula is C18H36IN5. The Morgan fingerprint density at radius 1 is 1.21 bits per heavy atom. The standard InChI is InChI=1S/C18H35N5.HI/c1-8-9-10-11-18(4,5)13-21-17(19-6)20-12-16-14(2)22-23(7)15(16)3;/h8-13H2,1-7H3,(H2,19,20,21);1H. The number of nitrogens with zero attached hydrogens (tertiary/aromatic N) is 3. The molecule has 0 bridgehead atoms. The van der Waals surface area contributed by atoms with Gasteiger partial charge in [0.1, 0.15) is 0 Å². The van der Waals surface area contributed by atoms with E-state index in [-0.39, 0.29) is 29.4 Å². The van der Waals surface area contributed by atoms with Crippen LogP contribution in [0.1, 0.15) is 63.4 Å². The largest absolute Gasteiger partial charge is 0.356 e. The second-order valence-corrected chi connectivity index (χ2v) is 7.17. The quantitative estimate of drug-likeness (QED) is 0.274. The van der Waals surface area contributed by atoms with Gasteiger partial charge in [-0.05, 0) is 25.7 Å². The van der Waals surface area contributed by atoms with Crippen molar-refractivity contribution in [3.8, 4) is 0 Å². The van der Waals surface area contributed by atoms with Crippen LogP contribution in [0.15, 0.2) is 4.99 Å². The molecule has 0 aromatic carbocycles. The van der Waals surface area contributed by atoms with Crippen LogP contribution in [0.3, 0.4) is 0 Å². The van der Waals surface area contributed by atoms with Gasteiger partial charge in [-0.3, -0.25) is 9.67 Å². The highest BCUT2D eigenvalue weighted by molar-refractivity contribution is 14.0. The van der Waals surface area contributed by atoms with E-state index >= 15 is 0 Å². The Balaban J connectivity index is 0.00000529. The minimum absolute atomic E-state index is 0. The van der Waals surface area contributed by atoms with Crippen LogP contribution in [0.4, 0.5) is 0 Å².